The summed E-state index contributed by atoms with van der Waals surface area (Å²) in [7, 11) is 0. The molecule has 0 heterocycles. The Balaban J connectivity index is 0.00000106. The van der Waals surface area contributed by atoms with Crippen LogP contribution in [0.3, 0.4) is 0 Å². The van der Waals surface area contributed by atoms with E-state index in [4.69, 9.17) is 0 Å². The van der Waals surface area contributed by atoms with E-state index in [0.717, 1.165) is 5.56 Å². The van der Waals surface area contributed by atoms with Gasteiger partial charge in [-0.15, -0.1) is 0 Å². The Morgan fingerprint density at radius 2 is 1.69 bits per heavy atom. The molecule has 0 spiro atoms. The second kappa shape index (κ2) is 5.69. The van der Waals surface area contributed by atoms with E-state index in [0.29, 0.717) is 5.56 Å². The number of phenols is 1. The molecule has 0 saturated carbocycles. The van der Waals surface area contributed by atoms with Crippen LogP contribution in [-0.2, 0) is 5.41 Å². The van der Waals surface area contributed by atoms with Gasteiger partial charge in [-0.3, -0.25) is 4.79 Å². The molecule has 0 unspecified atom stereocenters. The lowest BCUT2D eigenvalue weighted by molar-refractivity contribution is 0.101. The van der Waals surface area contributed by atoms with Gasteiger partial charge < -0.3 is 5.11 Å². The molecule has 16 heavy (non-hydrogen) atoms. The molecule has 1 aromatic rings. The Morgan fingerprint density at radius 3 is 2.06 bits per heavy atom. The third kappa shape index (κ3) is 3.69. The van der Waals surface area contributed by atoms with Crippen molar-refractivity contribution in [3.8, 4) is 5.75 Å². The molecule has 0 aromatic heterocycles. The van der Waals surface area contributed by atoms with E-state index in [9.17, 15) is 9.90 Å². The van der Waals surface area contributed by atoms with Gasteiger partial charge in [-0.2, -0.15) is 0 Å². The lowest BCUT2D eigenvalue weighted by atomic mass is 9.85. The maximum atomic E-state index is 11.2. The van der Waals surface area contributed by atoms with Gasteiger partial charge in [-0.25, -0.2) is 0 Å². The molecule has 2 heteroatoms. The molecule has 0 fully saturated rings. The molecule has 1 rings (SSSR count). The molecular formula is C14H22O2. The van der Waals surface area contributed by atoms with Crippen molar-refractivity contribution in [3.63, 3.8) is 0 Å². The minimum absolute atomic E-state index is 0.0236. The average Bonchev–Trinajstić information content (AvgIpc) is 2.19. The van der Waals surface area contributed by atoms with Crippen LogP contribution in [-0.4, -0.2) is 10.9 Å². The highest BCUT2D eigenvalue weighted by atomic mass is 16.3. The van der Waals surface area contributed by atoms with Crippen molar-refractivity contribution >= 4 is 5.78 Å². The van der Waals surface area contributed by atoms with Crippen molar-refractivity contribution in [2.24, 2.45) is 0 Å². The maximum absolute atomic E-state index is 11.2. The molecule has 0 saturated heterocycles. The summed E-state index contributed by atoms with van der Waals surface area (Å²) in [5, 5.41) is 9.64. The highest BCUT2D eigenvalue weighted by molar-refractivity contribution is 5.94. The van der Waals surface area contributed by atoms with E-state index < -0.39 is 0 Å². The topological polar surface area (TPSA) is 37.3 Å². The van der Waals surface area contributed by atoms with Crippen LogP contribution < -0.4 is 0 Å². The van der Waals surface area contributed by atoms with Gasteiger partial charge in [0.05, 0.1) is 0 Å². The Hall–Kier alpha value is -1.31. The number of ketones is 1. The number of benzene rings is 1. The second-order valence-electron chi connectivity index (χ2n) is 4.54. The van der Waals surface area contributed by atoms with E-state index in [-0.39, 0.29) is 16.9 Å². The van der Waals surface area contributed by atoms with Crippen molar-refractivity contribution < 1.29 is 9.90 Å². The Kier molecular flexibility index (Phi) is 5.22. The minimum atomic E-state index is -0.143. The van der Waals surface area contributed by atoms with Crippen molar-refractivity contribution in [1.29, 1.82) is 0 Å². The fraction of sp³-hybridized carbons (Fsp3) is 0.500. The van der Waals surface area contributed by atoms with Crippen LogP contribution in [0.25, 0.3) is 0 Å². The molecule has 90 valence electrons. The number of Topliss-reactive ketones (excluding diaryl/α,β-unsaturated/α-hetero) is 1. The smallest absolute Gasteiger partial charge is 0.159 e. The van der Waals surface area contributed by atoms with Gasteiger partial charge in [0.2, 0.25) is 0 Å². The van der Waals surface area contributed by atoms with Gasteiger partial charge >= 0.3 is 0 Å². The fourth-order valence-corrected chi connectivity index (χ4v) is 1.36. The van der Waals surface area contributed by atoms with Gasteiger partial charge in [0.15, 0.2) is 5.78 Å². The molecular weight excluding hydrogens is 200 g/mol. The molecule has 1 N–H and O–H groups in total. The number of rotatable bonds is 1. The van der Waals surface area contributed by atoms with Gasteiger partial charge in [0.1, 0.15) is 5.75 Å². The minimum Gasteiger partial charge on any atom is -0.508 e. The molecule has 0 aliphatic heterocycles. The standard InChI is InChI=1S/C12H16O2.C2H6/c1-8(13)9-5-6-11(14)10(7-9)12(2,3)4;1-2/h5-7,14H,1-4H3;1-2H3. The Morgan fingerprint density at radius 1 is 1.19 bits per heavy atom. The zero-order valence-corrected chi connectivity index (χ0v) is 11.1. The number of hydrogen-bond acceptors (Lipinski definition) is 2. The molecule has 2 nitrogen and oxygen atoms in total. The summed E-state index contributed by atoms with van der Waals surface area (Å²) in [6.45, 7) is 11.5. The van der Waals surface area contributed by atoms with Gasteiger partial charge in [-0.1, -0.05) is 34.6 Å². The van der Waals surface area contributed by atoms with Gasteiger partial charge in [0.25, 0.3) is 0 Å². The molecule has 0 amide bonds. The molecule has 0 atom stereocenters. The Bertz CT molecular complexity index is 359. The van der Waals surface area contributed by atoms with Gasteiger partial charge in [-0.05, 0) is 36.1 Å². The number of carbonyl (C=O) groups is 1. The summed E-state index contributed by atoms with van der Waals surface area (Å²) in [5.41, 5.74) is 1.31. The molecule has 0 aliphatic rings. The zero-order chi connectivity index (χ0) is 12.9. The van der Waals surface area contributed by atoms with Gasteiger partial charge in [0, 0.05) is 5.56 Å². The normalized spacial score (nSPS) is 10.4. The number of hydrogen-bond donors (Lipinski definition) is 1. The van der Waals surface area contributed by atoms with Crippen LogP contribution in [0.2, 0.25) is 0 Å². The summed E-state index contributed by atoms with van der Waals surface area (Å²) in [5.74, 6) is 0.276. The third-order valence-corrected chi connectivity index (χ3v) is 2.21. The predicted molar refractivity (Wildman–Crippen MR) is 68.2 cm³/mol. The third-order valence-electron chi connectivity index (χ3n) is 2.21. The SMILES string of the molecule is CC.CC(=O)c1ccc(O)c(C(C)(C)C)c1. The molecule has 1 aromatic carbocycles. The summed E-state index contributed by atoms with van der Waals surface area (Å²) in [4.78, 5) is 11.2. The summed E-state index contributed by atoms with van der Waals surface area (Å²) in [6.07, 6.45) is 0. The second-order valence-corrected chi connectivity index (χ2v) is 4.54. The van der Waals surface area contributed by atoms with Crippen LogP contribution in [0.5, 0.6) is 5.75 Å². The first-order chi connectivity index (χ1) is 7.32. The van der Waals surface area contributed by atoms with Crippen LogP contribution in [0, 0.1) is 0 Å². The summed E-state index contributed by atoms with van der Waals surface area (Å²) < 4.78 is 0. The van der Waals surface area contributed by atoms with E-state index in [2.05, 4.69) is 0 Å². The van der Waals surface area contributed by atoms with Crippen LogP contribution in [0.1, 0.15) is 57.5 Å². The number of phenolic OH excluding ortho intramolecular Hbond substituents is 1. The molecule has 0 bridgehead atoms. The molecule has 0 aliphatic carbocycles. The highest BCUT2D eigenvalue weighted by Crippen LogP contribution is 2.31. The zero-order valence-electron chi connectivity index (χ0n) is 11.1. The lowest BCUT2D eigenvalue weighted by Gasteiger charge is -2.20. The monoisotopic (exact) mass is 222 g/mol. The van der Waals surface area contributed by atoms with E-state index in [1.165, 1.54) is 6.92 Å². The first kappa shape index (κ1) is 14.7. The Labute approximate surface area is 98.3 Å². The highest BCUT2D eigenvalue weighted by Gasteiger charge is 2.18. The maximum Gasteiger partial charge on any atom is 0.159 e. The van der Waals surface area contributed by atoms with Crippen LogP contribution in [0.4, 0.5) is 0 Å². The number of carbonyl (C=O) groups excluding carboxylic acids is 1. The first-order valence-electron chi connectivity index (χ1n) is 5.67. The van der Waals surface area contributed by atoms with Crippen molar-refractivity contribution in [2.75, 3.05) is 0 Å². The summed E-state index contributed by atoms with van der Waals surface area (Å²) >= 11 is 0. The largest absolute Gasteiger partial charge is 0.508 e. The summed E-state index contributed by atoms with van der Waals surface area (Å²) in [6, 6.07) is 4.99. The fourth-order valence-electron chi connectivity index (χ4n) is 1.36. The number of aromatic hydroxyl groups is 1. The van der Waals surface area contributed by atoms with Crippen molar-refractivity contribution in [2.45, 2.75) is 47.0 Å². The van der Waals surface area contributed by atoms with Crippen LogP contribution in [0.15, 0.2) is 18.2 Å². The average molecular weight is 222 g/mol. The lowest BCUT2D eigenvalue weighted by Crippen LogP contribution is -2.12. The van der Waals surface area contributed by atoms with E-state index in [1.54, 1.807) is 18.2 Å². The van der Waals surface area contributed by atoms with E-state index in [1.807, 2.05) is 34.6 Å². The van der Waals surface area contributed by atoms with Crippen molar-refractivity contribution in [1.82, 2.24) is 0 Å². The van der Waals surface area contributed by atoms with Crippen molar-refractivity contribution in [3.05, 3.63) is 29.3 Å². The molecule has 0 radical (unpaired) electrons. The quantitative estimate of drug-likeness (QED) is 0.731. The first-order valence-corrected chi connectivity index (χ1v) is 5.67. The predicted octanol–water partition coefficient (Wildman–Crippen LogP) is 3.92. The van der Waals surface area contributed by atoms with Crippen LogP contribution >= 0.6 is 0 Å². The van der Waals surface area contributed by atoms with E-state index >= 15 is 0 Å².